The Kier molecular flexibility index (Phi) is 20.1. The van der Waals surface area contributed by atoms with Crippen LogP contribution in [0.5, 0.6) is 0 Å². The van der Waals surface area contributed by atoms with E-state index in [0.717, 1.165) is 35.1 Å². The van der Waals surface area contributed by atoms with Crippen molar-refractivity contribution >= 4 is 52.3 Å². The normalized spacial score (nSPS) is 24.5. The predicted octanol–water partition coefficient (Wildman–Crippen LogP) is 3.76. The van der Waals surface area contributed by atoms with Crippen LogP contribution in [0.3, 0.4) is 0 Å². The van der Waals surface area contributed by atoms with Gasteiger partial charge in [0, 0.05) is 52.0 Å². The van der Waals surface area contributed by atoms with Gasteiger partial charge in [-0.15, -0.1) is 0 Å². The first-order valence-electron chi connectivity index (χ1n) is 22.6. The summed E-state index contributed by atoms with van der Waals surface area (Å²) in [6.07, 6.45) is 3.07. The summed E-state index contributed by atoms with van der Waals surface area (Å²) in [7, 11) is 5.86. The fourth-order valence-corrected chi connectivity index (χ4v) is 8.06. The zero-order valence-electron chi connectivity index (χ0n) is 39.9. The number of esters is 1. The van der Waals surface area contributed by atoms with Crippen molar-refractivity contribution in [1.82, 2.24) is 35.4 Å². The zero-order chi connectivity index (χ0) is 48.0. The monoisotopic (exact) mass is 893 g/mol. The van der Waals surface area contributed by atoms with E-state index in [1.165, 1.54) is 51.9 Å². The average molecular weight is 893 g/mol. The molecule has 1 aliphatic rings. The summed E-state index contributed by atoms with van der Waals surface area (Å²) < 4.78 is 7.22. The number of cyclic esters (lactones) is 1. The third-order valence-electron chi connectivity index (χ3n) is 12.0. The molecule has 0 spiro atoms. The van der Waals surface area contributed by atoms with Crippen molar-refractivity contribution in [2.24, 2.45) is 17.8 Å². The number of nitriles is 1. The number of carbonyl (C=O) groups excluding carboxylic acids is 7. The Morgan fingerprint density at radius 2 is 1.34 bits per heavy atom. The smallest absolute Gasteiger partial charge is 0.329 e. The number of nitrogens with one attached hydrogen (secondary N) is 3. The minimum Gasteiger partial charge on any atom is -0.451 e. The molecule has 3 rings (SSSR count). The topological polar surface area (TPSA) is 212 Å². The number of hydrogen-bond donors (Lipinski definition) is 3. The van der Waals surface area contributed by atoms with E-state index in [0.29, 0.717) is 5.56 Å². The maximum absolute atomic E-state index is 15.0. The van der Waals surface area contributed by atoms with E-state index in [9.17, 15) is 38.8 Å². The Hall–Kier alpha value is -5.66. The molecule has 0 aliphatic carbocycles. The van der Waals surface area contributed by atoms with Gasteiger partial charge in [0.2, 0.25) is 29.5 Å². The molecule has 17 nitrogen and oxygen atoms in total. The lowest BCUT2D eigenvalue weighted by molar-refractivity contribution is -0.163. The molecule has 1 aromatic carbocycles. The van der Waals surface area contributed by atoms with Gasteiger partial charge in [-0.3, -0.25) is 28.8 Å². The van der Waals surface area contributed by atoms with Crippen molar-refractivity contribution in [3.8, 4) is 6.07 Å². The number of nitrogens with zero attached hydrogens (tertiary/aromatic N) is 5. The van der Waals surface area contributed by atoms with Crippen LogP contribution in [0.4, 0.5) is 0 Å². The lowest BCUT2D eigenvalue weighted by Gasteiger charge is -2.35. The van der Waals surface area contributed by atoms with Gasteiger partial charge in [0.1, 0.15) is 43.4 Å². The van der Waals surface area contributed by atoms with Crippen LogP contribution in [0.15, 0.2) is 30.5 Å². The summed E-state index contributed by atoms with van der Waals surface area (Å²) in [6, 6.07) is 2.40. The Labute approximate surface area is 378 Å². The second kappa shape index (κ2) is 24.4. The second-order valence-corrected chi connectivity index (χ2v) is 18.2. The molecule has 8 atom stereocenters. The summed E-state index contributed by atoms with van der Waals surface area (Å²) in [5.41, 5.74) is 1.42. The van der Waals surface area contributed by atoms with Crippen molar-refractivity contribution in [2.75, 3.05) is 28.3 Å². The molecule has 1 aliphatic heterocycles. The highest BCUT2D eigenvalue weighted by atomic mass is 16.6. The lowest BCUT2D eigenvalue weighted by atomic mass is 9.94. The Morgan fingerprint density at radius 3 is 1.94 bits per heavy atom. The molecule has 2 aromatic rings. The molecular formula is C47H72N8O9. The first-order valence-corrected chi connectivity index (χ1v) is 22.6. The van der Waals surface area contributed by atoms with E-state index in [2.05, 4.69) is 22.9 Å². The SMILES string of the molecule is CCCC[C@@H](C)C[C@@H]1NC(=O)[C@H](Cc2cn(OC)c3ccccc23)N(C)C(=O)[C@H](CC(C)C)NC(=O)[C@H](CC(C)C)N(C)C(=O)[C@H](C)NC(=O)[C@@H](CCC#N)OC(=O)[C@H](C)N(C)C1=O. The fraction of sp³-hybridized carbons (Fsp3) is 0.660. The Balaban J connectivity index is 2.28. The van der Waals surface area contributed by atoms with Crippen LogP contribution >= 0.6 is 0 Å². The van der Waals surface area contributed by atoms with Crippen LogP contribution in [0, 0.1) is 29.1 Å². The Bertz CT molecular complexity index is 1990. The van der Waals surface area contributed by atoms with E-state index in [1.54, 1.807) is 10.9 Å². The van der Waals surface area contributed by atoms with Gasteiger partial charge in [0.05, 0.1) is 11.6 Å². The molecule has 2 heterocycles. The van der Waals surface area contributed by atoms with E-state index in [4.69, 9.17) is 9.57 Å². The van der Waals surface area contributed by atoms with Crippen LogP contribution in [0.2, 0.25) is 0 Å². The molecule has 0 radical (unpaired) electrons. The number of para-hydroxylation sites is 1. The van der Waals surface area contributed by atoms with Crippen molar-refractivity contribution in [3.63, 3.8) is 0 Å². The molecule has 0 unspecified atom stereocenters. The summed E-state index contributed by atoms with van der Waals surface area (Å²) in [6.45, 7) is 14.5. The van der Waals surface area contributed by atoms with Crippen LogP contribution in [0.1, 0.15) is 112 Å². The summed E-state index contributed by atoms with van der Waals surface area (Å²) in [5.74, 6) is -5.01. The predicted molar refractivity (Wildman–Crippen MR) is 242 cm³/mol. The van der Waals surface area contributed by atoms with Gasteiger partial charge in [0.15, 0.2) is 6.10 Å². The van der Waals surface area contributed by atoms with Gasteiger partial charge >= 0.3 is 5.97 Å². The van der Waals surface area contributed by atoms with E-state index < -0.39 is 83.8 Å². The van der Waals surface area contributed by atoms with Gasteiger partial charge in [-0.05, 0) is 62.5 Å². The van der Waals surface area contributed by atoms with Crippen molar-refractivity contribution in [3.05, 3.63) is 36.0 Å². The first-order chi connectivity index (χ1) is 30.2. The third-order valence-corrected chi connectivity index (χ3v) is 12.0. The number of hydrogen-bond acceptors (Lipinski definition) is 10. The van der Waals surface area contributed by atoms with Gasteiger partial charge in [-0.1, -0.05) is 79.0 Å². The maximum atomic E-state index is 15.0. The molecule has 1 aromatic heterocycles. The van der Waals surface area contributed by atoms with E-state index in [-0.39, 0.29) is 56.3 Å². The molecular weight excluding hydrogens is 821 g/mol. The van der Waals surface area contributed by atoms with Gasteiger partial charge in [-0.2, -0.15) is 9.99 Å². The third kappa shape index (κ3) is 13.9. The molecule has 0 saturated carbocycles. The van der Waals surface area contributed by atoms with Gasteiger partial charge in [0.25, 0.3) is 5.91 Å². The highest BCUT2D eigenvalue weighted by molar-refractivity contribution is 5.98. The van der Waals surface area contributed by atoms with Crippen molar-refractivity contribution in [2.45, 2.75) is 156 Å². The average Bonchev–Trinajstić information content (AvgIpc) is 3.62. The highest BCUT2D eigenvalue weighted by Crippen LogP contribution is 2.25. The number of carbonyl (C=O) groups is 7. The number of fused-ring (bicyclic) bond motifs is 1. The molecule has 0 bridgehead atoms. The fourth-order valence-electron chi connectivity index (χ4n) is 8.06. The molecule has 17 heteroatoms. The van der Waals surface area contributed by atoms with E-state index >= 15 is 0 Å². The second-order valence-electron chi connectivity index (χ2n) is 18.2. The first kappa shape index (κ1) is 52.7. The highest BCUT2D eigenvalue weighted by Gasteiger charge is 2.40. The molecule has 1 fully saturated rings. The van der Waals surface area contributed by atoms with Crippen LogP contribution in [-0.4, -0.2) is 131 Å². The minimum absolute atomic E-state index is 0.00558. The molecule has 64 heavy (non-hydrogen) atoms. The number of benzene rings is 1. The van der Waals surface area contributed by atoms with Crippen LogP contribution in [0.25, 0.3) is 10.9 Å². The van der Waals surface area contributed by atoms with Gasteiger partial charge < -0.3 is 40.2 Å². The van der Waals surface area contributed by atoms with Gasteiger partial charge in [-0.25, -0.2) is 4.79 Å². The number of rotatable bonds is 14. The largest absolute Gasteiger partial charge is 0.451 e. The number of unbranched alkanes of at least 4 members (excludes halogenated alkanes) is 1. The number of aromatic nitrogens is 1. The summed E-state index contributed by atoms with van der Waals surface area (Å²) in [4.78, 5) is 109. The number of ether oxygens (including phenoxy) is 1. The lowest BCUT2D eigenvalue weighted by Crippen LogP contribution is -2.60. The van der Waals surface area contributed by atoms with E-state index in [1.807, 2.05) is 65.0 Å². The standard InChI is InChI=1S/C47H72N8O9/c1-13-14-18-30(6)25-36-45(60)52(9)32(8)47(62)64-40(21-17-22-48)43(58)49-31(7)44(59)53(10)38(24-29(4)5)41(56)50-35(23-28(2)3)46(61)54(11)39(42(57)51-36)26-33-27-55(63-12)37-20-16-15-19-34(33)37/h15-16,19-20,27-32,35-36,38-40H,13-14,17-18,21,23-26H2,1-12H3,(H,49,58)(H,50,56)(H,51,57)/t30-,31+,32+,35+,36+,38+,39+,40-/m1/s1. The molecule has 3 N–H and O–H groups in total. The Morgan fingerprint density at radius 1 is 0.766 bits per heavy atom. The maximum Gasteiger partial charge on any atom is 0.329 e. The van der Waals surface area contributed by atoms with Crippen LogP contribution < -0.4 is 20.8 Å². The molecule has 6 amide bonds. The quantitative estimate of drug-likeness (QED) is 0.234. The summed E-state index contributed by atoms with van der Waals surface area (Å²) in [5, 5.41) is 18.6. The van der Waals surface area contributed by atoms with Crippen LogP contribution in [-0.2, 0) is 44.7 Å². The minimum atomic E-state index is -1.49. The van der Waals surface area contributed by atoms with Crippen molar-refractivity contribution < 1.29 is 43.1 Å². The number of amides is 6. The molecule has 354 valence electrons. The zero-order valence-corrected chi connectivity index (χ0v) is 39.9. The summed E-state index contributed by atoms with van der Waals surface area (Å²) >= 11 is 0. The van der Waals surface area contributed by atoms with Crippen molar-refractivity contribution in [1.29, 1.82) is 5.26 Å². The number of likely N-dealkylation sites (N-methyl/N-ethyl adjacent to an activating group) is 3. The molecule has 1 saturated heterocycles.